The minimum atomic E-state index is -0.307. The van der Waals surface area contributed by atoms with Crippen molar-refractivity contribution in [2.75, 3.05) is 18.0 Å². The summed E-state index contributed by atoms with van der Waals surface area (Å²) >= 11 is 0. The van der Waals surface area contributed by atoms with E-state index in [1.54, 1.807) is 11.6 Å². The van der Waals surface area contributed by atoms with Crippen LogP contribution in [0.5, 0.6) is 0 Å². The first-order valence-electron chi connectivity index (χ1n) is 6.66. The largest absolute Gasteiger partial charge is 0.419 e. The molecular weight excluding hydrogens is 242 g/mol. The van der Waals surface area contributed by atoms with Crippen LogP contribution < -0.4 is 16.0 Å². The van der Waals surface area contributed by atoms with Crippen LogP contribution >= 0.6 is 0 Å². The summed E-state index contributed by atoms with van der Waals surface area (Å²) in [5.74, 6) is -0.307. The molecule has 0 amide bonds. The lowest BCUT2D eigenvalue weighted by Crippen LogP contribution is -2.54. The molecule has 0 radical (unpaired) electrons. The van der Waals surface area contributed by atoms with E-state index in [9.17, 15) is 4.79 Å². The Bertz CT molecular complexity index is 648. The number of anilines is 1. The fourth-order valence-corrected chi connectivity index (χ4v) is 2.91. The topological polar surface area (TPSA) is 50.4 Å². The molecule has 2 atom stereocenters. The van der Waals surface area contributed by atoms with E-state index in [0.717, 1.165) is 24.3 Å². The molecule has 5 nitrogen and oxygen atoms in total. The number of aromatic nitrogens is 1. The quantitative estimate of drug-likeness (QED) is 0.841. The number of hydrogen-bond donors (Lipinski definition) is 1. The minimum absolute atomic E-state index is 0.307. The number of nitrogens with one attached hydrogen (secondary N) is 1. The summed E-state index contributed by atoms with van der Waals surface area (Å²) in [5.41, 5.74) is 2.55. The number of piperazine rings is 1. The summed E-state index contributed by atoms with van der Waals surface area (Å²) in [4.78, 5) is 14.0. The Morgan fingerprint density at radius 2 is 1.95 bits per heavy atom. The van der Waals surface area contributed by atoms with Crippen molar-refractivity contribution in [1.82, 2.24) is 9.88 Å². The first kappa shape index (κ1) is 12.3. The number of oxazole rings is 1. The summed E-state index contributed by atoms with van der Waals surface area (Å²) < 4.78 is 6.95. The predicted molar refractivity (Wildman–Crippen MR) is 75.7 cm³/mol. The second-order valence-corrected chi connectivity index (χ2v) is 5.43. The number of aryl methyl sites for hydroxylation is 1. The average Bonchev–Trinajstić information content (AvgIpc) is 2.64. The van der Waals surface area contributed by atoms with Gasteiger partial charge in [0.25, 0.3) is 0 Å². The highest BCUT2D eigenvalue weighted by Crippen LogP contribution is 2.27. The first-order chi connectivity index (χ1) is 9.06. The molecule has 1 aromatic carbocycles. The monoisotopic (exact) mass is 261 g/mol. The van der Waals surface area contributed by atoms with E-state index in [1.807, 2.05) is 18.2 Å². The van der Waals surface area contributed by atoms with Gasteiger partial charge in [0, 0.05) is 32.2 Å². The molecule has 1 saturated heterocycles. The molecule has 3 rings (SSSR count). The summed E-state index contributed by atoms with van der Waals surface area (Å²) in [5, 5.41) is 3.50. The lowest BCUT2D eigenvalue weighted by molar-refractivity contribution is 0.406. The number of para-hydroxylation sites is 1. The van der Waals surface area contributed by atoms with Crippen LogP contribution in [0.1, 0.15) is 13.8 Å². The van der Waals surface area contributed by atoms with E-state index >= 15 is 0 Å². The summed E-state index contributed by atoms with van der Waals surface area (Å²) in [7, 11) is 1.74. The highest BCUT2D eigenvalue weighted by Gasteiger charge is 2.23. The number of nitrogens with zero attached hydrogens (tertiary/aromatic N) is 2. The van der Waals surface area contributed by atoms with E-state index in [-0.39, 0.29) is 5.76 Å². The molecule has 2 heterocycles. The highest BCUT2D eigenvalue weighted by molar-refractivity contribution is 5.87. The lowest BCUT2D eigenvalue weighted by Gasteiger charge is -2.37. The first-order valence-corrected chi connectivity index (χ1v) is 6.66. The van der Waals surface area contributed by atoms with E-state index in [2.05, 4.69) is 24.1 Å². The van der Waals surface area contributed by atoms with Gasteiger partial charge in [0.2, 0.25) is 0 Å². The van der Waals surface area contributed by atoms with Gasteiger partial charge in [-0.15, -0.1) is 0 Å². The van der Waals surface area contributed by atoms with Gasteiger partial charge in [0.1, 0.15) is 0 Å². The van der Waals surface area contributed by atoms with Crippen molar-refractivity contribution in [1.29, 1.82) is 0 Å². The van der Waals surface area contributed by atoms with E-state index in [1.165, 1.54) is 0 Å². The van der Waals surface area contributed by atoms with Crippen LogP contribution in [0.15, 0.2) is 27.4 Å². The minimum Gasteiger partial charge on any atom is -0.405 e. The van der Waals surface area contributed by atoms with Gasteiger partial charge >= 0.3 is 5.76 Å². The molecule has 0 spiro atoms. The van der Waals surface area contributed by atoms with Crippen molar-refractivity contribution in [2.24, 2.45) is 7.05 Å². The molecule has 0 bridgehead atoms. The number of fused-ring (bicyclic) bond motifs is 1. The molecule has 1 N–H and O–H groups in total. The van der Waals surface area contributed by atoms with E-state index in [0.29, 0.717) is 17.7 Å². The Balaban J connectivity index is 2.10. The standard InChI is InChI=1S/C14H19N3O2/c1-9-7-17(8-10(2)15-9)12-6-4-5-11-13(12)19-14(18)16(11)3/h4-6,9-10,15H,7-8H2,1-3H3. The van der Waals surface area contributed by atoms with Crippen molar-refractivity contribution < 1.29 is 4.42 Å². The summed E-state index contributed by atoms with van der Waals surface area (Å²) in [6.07, 6.45) is 0. The molecule has 2 unspecified atom stereocenters. The zero-order chi connectivity index (χ0) is 13.6. The van der Waals surface area contributed by atoms with Gasteiger partial charge in [-0.2, -0.15) is 0 Å². The number of hydrogen-bond acceptors (Lipinski definition) is 4. The third-order valence-corrected chi connectivity index (χ3v) is 3.70. The van der Waals surface area contributed by atoms with Crippen molar-refractivity contribution in [3.05, 3.63) is 28.7 Å². The maximum atomic E-state index is 11.7. The van der Waals surface area contributed by atoms with E-state index < -0.39 is 0 Å². The van der Waals surface area contributed by atoms with Gasteiger partial charge in [0.15, 0.2) is 5.58 Å². The predicted octanol–water partition coefficient (Wildman–Crippen LogP) is 1.32. The third kappa shape index (κ3) is 2.04. The maximum absolute atomic E-state index is 11.7. The van der Waals surface area contributed by atoms with Crippen LogP contribution in [0.3, 0.4) is 0 Å². The molecule has 1 fully saturated rings. The molecule has 102 valence electrons. The Morgan fingerprint density at radius 1 is 1.26 bits per heavy atom. The van der Waals surface area contributed by atoms with Crippen molar-refractivity contribution >= 4 is 16.8 Å². The van der Waals surface area contributed by atoms with Crippen molar-refractivity contribution in [3.8, 4) is 0 Å². The molecule has 5 heteroatoms. The Hall–Kier alpha value is -1.75. The number of benzene rings is 1. The van der Waals surface area contributed by atoms with Crippen LogP contribution in [0.25, 0.3) is 11.1 Å². The molecular formula is C14H19N3O2. The molecule has 2 aromatic rings. The van der Waals surface area contributed by atoms with Crippen molar-refractivity contribution in [3.63, 3.8) is 0 Å². The highest BCUT2D eigenvalue weighted by atomic mass is 16.4. The van der Waals surface area contributed by atoms with Gasteiger partial charge in [0.05, 0.1) is 11.2 Å². The molecule has 1 aromatic heterocycles. The average molecular weight is 261 g/mol. The molecule has 0 saturated carbocycles. The summed E-state index contributed by atoms with van der Waals surface area (Å²) in [6.45, 7) is 6.18. The van der Waals surface area contributed by atoms with Crippen LogP contribution in [-0.2, 0) is 7.05 Å². The van der Waals surface area contributed by atoms with Gasteiger partial charge in [-0.25, -0.2) is 4.79 Å². The van der Waals surface area contributed by atoms with Gasteiger partial charge in [-0.05, 0) is 26.0 Å². The number of rotatable bonds is 1. The molecule has 0 aliphatic carbocycles. The lowest BCUT2D eigenvalue weighted by atomic mass is 10.1. The summed E-state index contributed by atoms with van der Waals surface area (Å²) in [6, 6.07) is 6.77. The Labute approximate surface area is 111 Å². The van der Waals surface area contributed by atoms with Gasteiger partial charge in [-0.3, -0.25) is 4.57 Å². The maximum Gasteiger partial charge on any atom is 0.419 e. The van der Waals surface area contributed by atoms with Crippen molar-refractivity contribution in [2.45, 2.75) is 25.9 Å². The second kappa shape index (κ2) is 4.42. The molecule has 19 heavy (non-hydrogen) atoms. The van der Waals surface area contributed by atoms with Crippen LogP contribution in [-0.4, -0.2) is 29.7 Å². The normalized spacial score (nSPS) is 24.1. The fourth-order valence-electron chi connectivity index (χ4n) is 2.91. The third-order valence-electron chi connectivity index (χ3n) is 3.70. The van der Waals surface area contributed by atoms with Gasteiger partial charge in [-0.1, -0.05) is 6.07 Å². The van der Waals surface area contributed by atoms with Crippen LogP contribution in [0, 0.1) is 0 Å². The zero-order valence-electron chi connectivity index (χ0n) is 11.5. The second-order valence-electron chi connectivity index (χ2n) is 5.43. The van der Waals surface area contributed by atoms with Gasteiger partial charge < -0.3 is 14.6 Å². The van der Waals surface area contributed by atoms with Crippen LogP contribution in [0.4, 0.5) is 5.69 Å². The fraction of sp³-hybridized carbons (Fsp3) is 0.500. The van der Waals surface area contributed by atoms with E-state index in [4.69, 9.17) is 4.42 Å². The Morgan fingerprint density at radius 3 is 2.63 bits per heavy atom. The SMILES string of the molecule is CC1CN(c2cccc3c2oc(=O)n3C)CC(C)N1. The smallest absolute Gasteiger partial charge is 0.405 e. The Kier molecular flexibility index (Phi) is 2.86. The molecule has 1 aliphatic heterocycles. The van der Waals surface area contributed by atoms with Crippen LogP contribution in [0.2, 0.25) is 0 Å². The zero-order valence-corrected chi connectivity index (χ0v) is 11.5. The molecule has 1 aliphatic rings.